The molecule has 0 bridgehead atoms. The summed E-state index contributed by atoms with van der Waals surface area (Å²) >= 11 is 6.27. The molecule has 0 saturated carbocycles. The molecule has 3 aromatic rings. The van der Waals surface area contributed by atoms with E-state index in [4.69, 9.17) is 11.6 Å². The van der Waals surface area contributed by atoms with Crippen molar-refractivity contribution in [3.63, 3.8) is 0 Å². The normalized spacial score (nSPS) is 12.0. The number of hydrogen-bond acceptors (Lipinski definition) is 2. The van der Waals surface area contributed by atoms with Crippen molar-refractivity contribution in [1.29, 1.82) is 0 Å². The first-order chi connectivity index (χ1) is 12.5. The number of aromatic nitrogens is 2. The third kappa shape index (κ3) is 3.78. The minimum absolute atomic E-state index is 0.0304. The molecule has 1 amide bonds. The number of nitrogens with zero attached hydrogens (tertiary/aromatic N) is 2. The molecular weight excluding hydrogens is 353 g/mol. The highest BCUT2D eigenvalue weighted by Gasteiger charge is 2.19. The highest BCUT2D eigenvalue weighted by Crippen LogP contribution is 2.28. The van der Waals surface area contributed by atoms with Gasteiger partial charge in [0.2, 0.25) is 0 Å². The van der Waals surface area contributed by atoms with Crippen molar-refractivity contribution in [2.75, 3.05) is 0 Å². The summed E-state index contributed by atoms with van der Waals surface area (Å²) in [6.45, 7) is 3.93. The molecule has 0 aliphatic heterocycles. The maximum atomic E-state index is 13.3. The lowest BCUT2D eigenvalue weighted by Gasteiger charge is -2.12. The Kier molecular flexibility index (Phi) is 5.38. The van der Waals surface area contributed by atoms with Crippen LogP contribution in [-0.2, 0) is 0 Å². The number of rotatable bonds is 5. The van der Waals surface area contributed by atoms with Crippen LogP contribution in [0.4, 0.5) is 4.39 Å². The predicted molar refractivity (Wildman–Crippen MR) is 101 cm³/mol. The molecular formula is C20H19ClFN3O. The SMILES string of the molecule is CCC(C)NC(=O)c1cc(-c2ccccc2Cl)nn1-c1ccc(F)cc1. The van der Waals surface area contributed by atoms with Gasteiger partial charge in [-0.25, -0.2) is 9.07 Å². The number of hydrogen-bond donors (Lipinski definition) is 1. The zero-order valence-corrected chi connectivity index (χ0v) is 15.3. The predicted octanol–water partition coefficient (Wildman–Crippen LogP) is 4.86. The number of amides is 1. The van der Waals surface area contributed by atoms with Crippen LogP contribution >= 0.6 is 11.6 Å². The Hall–Kier alpha value is -2.66. The first-order valence-electron chi connectivity index (χ1n) is 8.41. The van der Waals surface area contributed by atoms with E-state index in [1.54, 1.807) is 24.3 Å². The number of carbonyl (C=O) groups excluding carboxylic acids is 1. The van der Waals surface area contributed by atoms with Crippen LogP contribution in [0.2, 0.25) is 5.02 Å². The maximum absolute atomic E-state index is 13.3. The van der Waals surface area contributed by atoms with Crippen LogP contribution in [-0.4, -0.2) is 21.7 Å². The second kappa shape index (κ2) is 7.70. The molecule has 1 heterocycles. The summed E-state index contributed by atoms with van der Waals surface area (Å²) in [6.07, 6.45) is 0.813. The van der Waals surface area contributed by atoms with E-state index in [1.807, 2.05) is 32.0 Å². The second-order valence-corrected chi connectivity index (χ2v) is 6.47. The minimum atomic E-state index is -0.349. The Morgan fingerprint density at radius 1 is 1.23 bits per heavy atom. The zero-order valence-electron chi connectivity index (χ0n) is 14.5. The third-order valence-electron chi connectivity index (χ3n) is 4.15. The lowest BCUT2D eigenvalue weighted by atomic mass is 10.1. The van der Waals surface area contributed by atoms with E-state index >= 15 is 0 Å². The van der Waals surface area contributed by atoms with Crippen LogP contribution in [0, 0.1) is 5.82 Å². The van der Waals surface area contributed by atoms with Crippen LogP contribution < -0.4 is 5.32 Å². The topological polar surface area (TPSA) is 46.9 Å². The fraction of sp³-hybridized carbons (Fsp3) is 0.200. The summed E-state index contributed by atoms with van der Waals surface area (Å²) in [6, 6.07) is 14.9. The summed E-state index contributed by atoms with van der Waals surface area (Å²) in [5.74, 6) is -0.590. The minimum Gasteiger partial charge on any atom is -0.348 e. The van der Waals surface area contributed by atoms with E-state index in [0.29, 0.717) is 22.1 Å². The average molecular weight is 372 g/mol. The van der Waals surface area contributed by atoms with E-state index in [-0.39, 0.29) is 17.8 Å². The zero-order chi connectivity index (χ0) is 18.7. The standard InChI is InChI=1S/C20H19ClFN3O/c1-3-13(2)23-20(26)19-12-18(16-6-4-5-7-17(16)21)24-25(19)15-10-8-14(22)9-11-15/h4-13H,3H2,1-2H3,(H,23,26). The summed E-state index contributed by atoms with van der Waals surface area (Å²) < 4.78 is 14.8. The number of halogens is 2. The molecule has 2 aromatic carbocycles. The first-order valence-corrected chi connectivity index (χ1v) is 8.79. The lowest BCUT2D eigenvalue weighted by Crippen LogP contribution is -2.33. The van der Waals surface area contributed by atoms with Crippen molar-refractivity contribution in [3.8, 4) is 16.9 Å². The van der Waals surface area contributed by atoms with Crippen LogP contribution in [0.1, 0.15) is 30.8 Å². The summed E-state index contributed by atoms with van der Waals surface area (Å²) in [4.78, 5) is 12.7. The second-order valence-electron chi connectivity index (χ2n) is 6.07. The highest BCUT2D eigenvalue weighted by molar-refractivity contribution is 6.33. The van der Waals surface area contributed by atoms with Gasteiger partial charge in [-0.15, -0.1) is 0 Å². The van der Waals surface area contributed by atoms with Gasteiger partial charge in [0.25, 0.3) is 5.91 Å². The Morgan fingerprint density at radius 3 is 2.58 bits per heavy atom. The quantitative estimate of drug-likeness (QED) is 0.696. The molecule has 0 radical (unpaired) electrons. The van der Waals surface area contributed by atoms with Gasteiger partial charge in [0.15, 0.2) is 0 Å². The molecule has 0 saturated heterocycles. The molecule has 134 valence electrons. The lowest BCUT2D eigenvalue weighted by molar-refractivity contribution is 0.0931. The van der Waals surface area contributed by atoms with Gasteiger partial charge in [0, 0.05) is 11.6 Å². The monoisotopic (exact) mass is 371 g/mol. The van der Waals surface area contributed by atoms with Crippen molar-refractivity contribution >= 4 is 17.5 Å². The van der Waals surface area contributed by atoms with Crippen LogP contribution in [0.15, 0.2) is 54.6 Å². The number of carbonyl (C=O) groups is 1. The van der Waals surface area contributed by atoms with Crippen LogP contribution in [0.5, 0.6) is 0 Å². The molecule has 26 heavy (non-hydrogen) atoms. The molecule has 0 spiro atoms. The summed E-state index contributed by atoms with van der Waals surface area (Å²) in [5.41, 5.74) is 2.27. The van der Waals surface area contributed by atoms with Crippen molar-refractivity contribution < 1.29 is 9.18 Å². The van der Waals surface area contributed by atoms with Crippen molar-refractivity contribution in [1.82, 2.24) is 15.1 Å². The molecule has 1 unspecified atom stereocenters. The van der Waals surface area contributed by atoms with Gasteiger partial charge in [-0.3, -0.25) is 4.79 Å². The molecule has 0 aliphatic rings. The summed E-state index contributed by atoms with van der Waals surface area (Å²) in [7, 11) is 0. The van der Waals surface area contributed by atoms with Gasteiger partial charge in [-0.05, 0) is 49.7 Å². The fourth-order valence-corrected chi connectivity index (χ4v) is 2.75. The number of nitrogens with one attached hydrogen (secondary N) is 1. The van der Waals surface area contributed by atoms with Crippen LogP contribution in [0.25, 0.3) is 16.9 Å². The molecule has 6 heteroatoms. The van der Waals surface area contributed by atoms with Crippen molar-refractivity contribution in [3.05, 3.63) is 71.1 Å². The van der Waals surface area contributed by atoms with Gasteiger partial charge >= 0.3 is 0 Å². The van der Waals surface area contributed by atoms with Gasteiger partial charge in [-0.1, -0.05) is 36.7 Å². The van der Waals surface area contributed by atoms with E-state index in [0.717, 1.165) is 12.0 Å². The van der Waals surface area contributed by atoms with Crippen molar-refractivity contribution in [2.24, 2.45) is 0 Å². The highest BCUT2D eigenvalue weighted by atomic mass is 35.5. The first kappa shape index (κ1) is 18.1. The van der Waals surface area contributed by atoms with E-state index < -0.39 is 0 Å². The molecule has 1 atom stereocenters. The van der Waals surface area contributed by atoms with Gasteiger partial charge in [0.1, 0.15) is 11.5 Å². The maximum Gasteiger partial charge on any atom is 0.270 e. The molecule has 4 nitrogen and oxygen atoms in total. The molecule has 1 N–H and O–H groups in total. The Bertz CT molecular complexity index is 921. The van der Waals surface area contributed by atoms with Crippen molar-refractivity contribution in [2.45, 2.75) is 26.3 Å². The van der Waals surface area contributed by atoms with Gasteiger partial charge in [-0.2, -0.15) is 5.10 Å². The van der Waals surface area contributed by atoms with E-state index in [9.17, 15) is 9.18 Å². The Labute approximate surface area is 156 Å². The largest absolute Gasteiger partial charge is 0.348 e. The van der Waals surface area contributed by atoms with E-state index in [1.165, 1.54) is 16.8 Å². The fourth-order valence-electron chi connectivity index (χ4n) is 2.52. The third-order valence-corrected chi connectivity index (χ3v) is 4.48. The number of benzene rings is 2. The Morgan fingerprint density at radius 2 is 1.92 bits per heavy atom. The van der Waals surface area contributed by atoms with Crippen LogP contribution in [0.3, 0.4) is 0 Å². The van der Waals surface area contributed by atoms with E-state index in [2.05, 4.69) is 10.4 Å². The molecule has 0 aliphatic carbocycles. The summed E-state index contributed by atoms with van der Waals surface area (Å²) in [5, 5.41) is 8.03. The van der Waals surface area contributed by atoms with Gasteiger partial charge in [0.05, 0.1) is 16.4 Å². The molecule has 0 fully saturated rings. The average Bonchev–Trinajstić information content (AvgIpc) is 3.08. The van der Waals surface area contributed by atoms with Gasteiger partial charge < -0.3 is 5.32 Å². The Balaban J connectivity index is 2.10. The molecule has 1 aromatic heterocycles. The molecule has 3 rings (SSSR count). The smallest absolute Gasteiger partial charge is 0.270 e.